The van der Waals surface area contributed by atoms with Gasteiger partial charge < -0.3 is 4.74 Å². The quantitative estimate of drug-likeness (QED) is 0.740. The van der Waals surface area contributed by atoms with E-state index in [1.54, 1.807) is 6.20 Å². The Hall–Kier alpha value is -2.40. The molecule has 0 aliphatic carbocycles. The van der Waals surface area contributed by atoms with Crippen molar-refractivity contribution in [1.82, 2.24) is 19.6 Å². The highest BCUT2D eigenvalue weighted by Crippen LogP contribution is 2.29. The van der Waals surface area contributed by atoms with Crippen LogP contribution in [0.5, 0.6) is 0 Å². The molecule has 0 spiro atoms. The van der Waals surface area contributed by atoms with Crippen molar-refractivity contribution in [2.75, 3.05) is 6.61 Å². The zero-order valence-electron chi connectivity index (χ0n) is 13.2. The molecule has 1 aliphatic heterocycles. The van der Waals surface area contributed by atoms with Crippen molar-refractivity contribution in [2.24, 2.45) is 0 Å². The first-order valence-corrected chi connectivity index (χ1v) is 8.08. The Balaban J connectivity index is 1.72. The number of hydrogen-bond donors (Lipinski definition) is 0. The number of rotatable bonds is 3. The van der Waals surface area contributed by atoms with Gasteiger partial charge in [-0.3, -0.25) is 0 Å². The van der Waals surface area contributed by atoms with E-state index in [1.807, 2.05) is 27.8 Å². The van der Waals surface area contributed by atoms with Crippen LogP contribution in [0.1, 0.15) is 31.1 Å². The topological polar surface area (TPSA) is 44.9 Å². The largest absolute Gasteiger partial charge is 0.357 e. The predicted octanol–water partition coefficient (Wildman–Crippen LogP) is 3.74. The summed E-state index contributed by atoms with van der Waals surface area (Å²) >= 11 is 0. The van der Waals surface area contributed by atoms with E-state index in [9.17, 15) is 0 Å². The first-order chi connectivity index (χ1) is 11.3. The maximum Gasteiger partial charge on any atom is 0.150 e. The zero-order chi connectivity index (χ0) is 15.6. The fourth-order valence-electron chi connectivity index (χ4n) is 3.05. The van der Waals surface area contributed by atoms with Crippen LogP contribution < -0.4 is 0 Å². The molecule has 1 aliphatic rings. The van der Waals surface area contributed by atoms with Gasteiger partial charge in [-0.15, -0.1) is 0 Å². The fraction of sp³-hybridized carbons (Fsp3) is 0.333. The minimum Gasteiger partial charge on any atom is -0.357 e. The van der Waals surface area contributed by atoms with Crippen molar-refractivity contribution in [3.63, 3.8) is 0 Å². The second kappa shape index (κ2) is 6.01. The second-order valence-corrected chi connectivity index (χ2v) is 6.00. The Morgan fingerprint density at radius 1 is 1.22 bits per heavy atom. The van der Waals surface area contributed by atoms with Crippen molar-refractivity contribution in [2.45, 2.75) is 32.4 Å². The minimum absolute atomic E-state index is 0.0658. The molecular formula is C18H20N4O. The normalized spacial score (nSPS) is 18.2. The second-order valence-electron chi connectivity index (χ2n) is 6.00. The third-order valence-electron chi connectivity index (χ3n) is 4.27. The monoisotopic (exact) mass is 308 g/mol. The highest BCUT2D eigenvalue weighted by atomic mass is 16.5. The number of aromatic nitrogens is 4. The summed E-state index contributed by atoms with van der Waals surface area (Å²) in [6.45, 7) is 2.92. The number of aryl methyl sites for hydroxylation is 1. The predicted molar refractivity (Wildman–Crippen MR) is 88.4 cm³/mol. The summed E-state index contributed by atoms with van der Waals surface area (Å²) in [7, 11) is 0. The van der Waals surface area contributed by atoms with Crippen molar-refractivity contribution in [3.05, 3.63) is 54.6 Å². The van der Waals surface area contributed by atoms with E-state index in [4.69, 9.17) is 4.74 Å². The van der Waals surface area contributed by atoms with Crippen LogP contribution in [0, 0.1) is 6.92 Å². The lowest BCUT2D eigenvalue weighted by atomic mass is 10.0. The van der Waals surface area contributed by atoms with E-state index in [-0.39, 0.29) is 6.23 Å². The number of ether oxygens (including phenoxy) is 1. The van der Waals surface area contributed by atoms with E-state index < -0.39 is 0 Å². The third-order valence-corrected chi connectivity index (χ3v) is 4.27. The minimum atomic E-state index is 0.0658. The van der Waals surface area contributed by atoms with Crippen LogP contribution in [0.25, 0.3) is 16.8 Å². The summed E-state index contributed by atoms with van der Waals surface area (Å²) in [5, 5.41) is 8.90. The molecule has 118 valence electrons. The molecule has 1 atom stereocenters. The van der Waals surface area contributed by atoms with Crippen LogP contribution in [-0.2, 0) is 4.74 Å². The van der Waals surface area contributed by atoms with Crippen LogP contribution in [0.15, 0.2) is 49.1 Å². The number of benzene rings is 1. The molecule has 5 nitrogen and oxygen atoms in total. The first-order valence-electron chi connectivity index (χ1n) is 8.08. The average molecular weight is 308 g/mol. The van der Waals surface area contributed by atoms with Crippen molar-refractivity contribution in [3.8, 4) is 16.8 Å². The Bertz CT molecular complexity index is 785. The van der Waals surface area contributed by atoms with Crippen LogP contribution in [0.3, 0.4) is 0 Å². The molecule has 3 aromatic rings. The molecule has 5 heteroatoms. The molecule has 1 fully saturated rings. The number of hydrogen-bond acceptors (Lipinski definition) is 3. The summed E-state index contributed by atoms with van der Waals surface area (Å²) in [6, 6.07) is 8.34. The standard InChI is InChI=1S/C18H20N4O/c1-14-6-7-16(17(11-14)21-9-4-8-19-21)15-12-20-22(13-15)18-5-2-3-10-23-18/h4,6-9,11-13,18H,2-3,5,10H2,1H3/t18-/m1/s1. The zero-order valence-corrected chi connectivity index (χ0v) is 13.2. The van der Waals surface area contributed by atoms with Gasteiger partial charge in [0.05, 0.1) is 11.9 Å². The maximum absolute atomic E-state index is 5.82. The van der Waals surface area contributed by atoms with E-state index in [0.29, 0.717) is 0 Å². The van der Waals surface area contributed by atoms with Gasteiger partial charge >= 0.3 is 0 Å². The molecule has 23 heavy (non-hydrogen) atoms. The van der Waals surface area contributed by atoms with Crippen molar-refractivity contribution in [1.29, 1.82) is 0 Å². The molecule has 0 N–H and O–H groups in total. The number of nitrogens with zero attached hydrogens (tertiary/aromatic N) is 4. The average Bonchev–Trinajstić information content (AvgIpc) is 3.27. The van der Waals surface area contributed by atoms with Crippen molar-refractivity contribution >= 4 is 0 Å². The highest BCUT2D eigenvalue weighted by Gasteiger charge is 2.18. The molecule has 4 rings (SSSR count). The van der Waals surface area contributed by atoms with Crippen LogP contribution in [0.4, 0.5) is 0 Å². The van der Waals surface area contributed by atoms with Gasteiger partial charge in [-0.2, -0.15) is 10.2 Å². The summed E-state index contributed by atoms with van der Waals surface area (Å²) < 4.78 is 9.66. The molecule has 0 bridgehead atoms. The van der Waals surface area contributed by atoms with Crippen LogP contribution >= 0.6 is 0 Å². The lowest BCUT2D eigenvalue weighted by molar-refractivity contribution is -0.0394. The molecule has 0 saturated carbocycles. The van der Waals surface area contributed by atoms with E-state index in [2.05, 4.69) is 41.5 Å². The highest BCUT2D eigenvalue weighted by molar-refractivity contribution is 5.72. The summed E-state index contributed by atoms with van der Waals surface area (Å²) in [5.41, 5.74) is 4.49. The van der Waals surface area contributed by atoms with Gasteiger partial charge in [-0.1, -0.05) is 12.1 Å². The van der Waals surface area contributed by atoms with Gasteiger partial charge in [0, 0.05) is 36.3 Å². The van der Waals surface area contributed by atoms with Gasteiger partial charge in [0.15, 0.2) is 0 Å². The Labute approximate surface area is 135 Å². The molecule has 2 aromatic heterocycles. The lowest BCUT2D eigenvalue weighted by Crippen LogP contribution is -2.18. The molecule has 1 aromatic carbocycles. The molecule has 0 amide bonds. The smallest absolute Gasteiger partial charge is 0.150 e. The van der Waals surface area contributed by atoms with E-state index in [0.717, 1.165) is 36.3 Å². The fourth-order valence-corrected chi connectivity index (χ4v) is 3.05. The van der Waals surface area contributed by atoms with Crippen LogP contribution in [-0.4, -0.2) is 26.2 Å². The molecule has 0 radical (unpaired) electrons. The van der Waals surface area contributed by atoms with E-state index in [1.165, 1.54) is 12.0 Å². The first kappa shape index (κ1) is 14.2. The van der Waals surface area contributed by atoms with Gasteiger partial charge in [-0.25, -0.2) is 9.36 Å². The molecule has 1 saturated heterocycles. The van der Waals surface area contributed by atoms with Crippen LogP contribution in [0.2, 0.25) is 0 Å². The Morgan fingerprint density at radius 3 is 2.96 bits per heavy atom. The van der Waals surface area contributed by atoms with Gasteiger partial charge in [-0.05, 0) is 43.9 Å². The SMILES string of the molecule is Cc1ccc(-c2cnn([C@H]3CCCCO3)c2)c(-n2cccn2)c1. The van der Waals surface area contributed by atoms with E-state index >= 15 is 0 Å². The molecule has 0 unspecified atom stereocenters. The van der Waals surface area contributed by atoms with Crippen molar-refractivity contribution < 1.29 is 4.74 Å². The van der Waals surface area contributed by atoms with Gasteiger partial charge in [0.1, 0.15) is 6.23 Å². The van der Waals surface area contributed by atoms with Gasteiger partial charge in [0.25, 0.3) is 0 Å². The van der Waals surface area contributed by atoms with Gasteiger partial charge in [0.2, 0.25) is 0 Å². The lowest BCUT2D eigenvalue weighted by Gasteiger charge is -2.22. The Morgan fingerprint density at radius 2 is 2.17 bits per heavy atom. The molecular weight excluding hydrogens is 288 g/mol. The summed E-state index contributed by atoms with van der Waals surface area (Å²) in [5.74, 6) is 0. The molecule has 3 heterocycles. The summed E-state index contributed by atoms with van der Waals surface area (Å²) in [4.78, 5) is 0. The third kappa shape index (κ3) is 2.80. The Kier molecular flexibility index (Phi) is 3.71. The summed E-state index contributed by atoms with van der Waals surface area (Å²) in [6.07, 6.45) is 11.2. The maximum atomic E-state index is 5.82.